The van der Waals surface area contributed by atoms with Crippen molar-refractivity contribution in [3.05, 3.63) is 51.9 Å². The molecule has 0 saturated heterocycles. The molecule has 2 aromatic rings. The summed E-state index contributed by atoms with van der Waals surface area (Å²) in [6, 6.07) is 8.81. The molecule has 0 amide bonds. The second-order valence-electron chi connectivity index (χ2n) is 4.95. The van der Waals surface area contributed by atoms with Crippen molar-refractivity contribution in [3.8, 4) is 5.88 Å². The molecule has 0 aliphatic carbocycles. The molecule has 1 aromatic carbocycles. The Kier molecular flexibility index (Phi) is 3.61. The molecule has 1 atom stereocenters. The maximum Gasteiger partial charge on any atom is 0.238 e. The first-order chi connectivity index (χ1) is 9.61. The topological polar surface area (TPSA) is 34.1 Å². The molecule has 1 unspecified atom stereocenters. The molecule has 0 saturated carbocycles. The molecule has 2 heterocycles. The number of pyridine rings is 1. The van der Waals surface area contributed by atoms with Crippen LogP contribution in [0.1, 0.15) is 18.1 Å². The zero-order chi connectivity index (χ0) is 14.1. The Hall–Kier alpha value is -1.62. The molecule has 0 spiro atoms. The third-order valence-electron chi connectivity index (χ3n) is 3.19. The van der Waals surface area contributed by atoms with E-state index >= 15 is 0 Å². The highest BCUT2D eigenvalue weighted by Crippen LogP contribution is 2.32. The fourth-order valence-electron chi connectivity index (χ4n) is 2.19. The van der Waals surface area contributed by atoms with Gasteiger partial charge in [0.2, 0.25) is 5.88 Å². The van der Waals surface area contributed by atoms with E-state index in [1.807, 2.05) is 6.07 Å². The van der Waals surface area contributed by atoms with Crippen molar-refractivity contribution in [1.29, 1.82) is 0 Å². The third-order valence-corrected chi connectivity index (χ3v) is 3.88. The zero-order valence-electron chi connectivity index (χ0n) is 11.0. The molecule has 0 radical (unpaired) electrons. The van der Waals surface area contributed by atoms with Crippen LogP contribution in [0.15, 0.2) is 34.9 Å². The second kappa shape index (κ2) is 5.40. The average Bonchev–Trinajstić information content (AvgIpc) is 2.42. The summed E-state index contributed by atoms with van der Waals surface area (Å²) in [5.41, 5.74) is 2.99. The van der Waals surface area contributed by atoms with Gasteiger partial charge in [-0.2, -0.15) is 0 Å². The quantitative estimate of drug-likeness (QED) is 0.847. The Bertz CT molecular complexity index is 631. The molecule has 104 valence electrons. The van der Waals surface area contributed by atoms with Gasteiger partial charge in [-0.3, -0.25) is 0 Å². The highest BCUT2D eigenvalue weighted by Gasteiger charge is 2.18. The number of benzene rings is 1. The van der Waals surface area contributed by atoms with Crippen LogP contribution in [-0.2, 0) is 6.42 Å². The van der Waals surface area contributed by atoms with Crippen molar-refractivity contribution in [3.63, 3.8) is 0 Å². The van der Waals surface area contributed by atoms with Crippen molar-refractivity contribution in [1.82, 2.24) is 4.98 Å². The van der Waals surface area contributed by atoms with Crippen molar-refractivity contribution in [2.75, 3.05) is 11.9 Å². The highest BCUT2D eigenvalue weighted by molar-refractivity contribution is 9.10. The van der Waals surface area contributed by atoms with Crippen LogP contribution >= 0.6 is 15.9 Å². The van der Waals surface area contributed by atoms with Crippen LogP contribution in [0, 0.1) is 5.82 Å². The molecular formula is C15H14BrFN2O. The zero-order valence-corrected chi connectivity index (χ0v) is 12.6. The van der Waals surface area contributed by atoms with Gasteiger partial charge in [-0.1, -0.05) is 12.1 Å². The van der Waals surface area contributed by atoms with E-state index in [1.54, 1.807) is 12.1 Å². The smallest absolute Gasteiger partial charge is 0.238 e. The molecule has 1 aromatic heterocycles. The standard InChI is InChI=1S/C15H14BrFN2O/c1-9-8-20-15-13(18-9)7-11(14(16)19-15)6-10-2-4-12(17)5-3-10/h2-5,7,9,18H,6,8H2,1H3. The van der Waals surface area contributed by atoms with Gasteiger partial charge in [-0.25, -0.2) is 9.37 Å². The number of hydrogen-bond donors (Lipinski definition) is 1. The largest absolute Gasteiger partial charge is 0.474 e. The van der Waals surface area contributed by atoms with Crippen LogP contribution in [0.25, 0.3) is 0 Å². The second-order valence-corrected chi connectivity index (χ2v) is 5.70. The maximum atomic E-state index is 12.9. The number of rotatable bonds is 2. The lowest BCUT2D eigenvalue weighted by Gasteiger charge is -2.24. The molecular weight excluding hydrogens is 323 g/mol. The summed E-state index contributed by atoms with van der Waals surface area (Å²) in [4.78, 5) is 4.42. The number of nitrogens with one attached hydrogen (secondary N) is 1. The number of anilines is 1. The first-order valence-corrected chi connectivity index (χ1v) is 7.24. The number of fused-ring (bicyclic) bond motifs is 1. The number of hydrogen-bond acceptors (Lipinski definition) is 3. The monoisotopic (exact) mass is 336 g/mol. The summed E-state index contributed by atoms with van der Waals surface area (Å²) >= 11 is 3.47. The van der Waals surface area contributed by atoms with E-state index in [2.05, 4.69) is 33.2 Å². The molecule has 1 aliphatic heterocycles. The van der Waals surface area contributed by atoms with Gasteiger partial charge < -0.3 is 10.1 Å². The van der Waals surface area contributed by atoms with E-state index in [1.165, 1.54) is 12.1 Å². The molecule has 5 heteroatoms. The van der Waals surface area contributed by atoms with Gasteiger partial charge in [0.25, 0.3) is 0 Å². The van der Waals surface area contributed by atoms with E-state index in [4.69, 9.17) is 4.74 Å². The normalized spacial score (nSPS) is 17.1. The Morgan fingerprint density at radius 1 is 1.40 bits per heavy atom. The van der Waals surface area contributed by atoms with Gasteiger partial charge in [0.1, 0.15) is 17.0 Å². The Balaban J connectivity index is 1.89. The Labute approximate surface area is 125 Å². The van der Waals surface area contributed by atoms with E-state index in [9.17, 15) is 4.39 Å². The molecule has 1 N–H and O–H groups in total. The first kappa shape index (κ1) is 13.4. The third kappa shape index (κ3) is 2.77. The van der Waals surface area contributed by atoms with E-state index in [0.717, 1.165) is 21.4 Å². The van der Waals surface area contributed by atoms with Crippen molar-refractivity contribution in [2.45, 2.75) is 19.4 Å². The van der Waals surface area contributed by atoms with Crippen LogP contribution < -0.4 is 10.1 Å². The molecule has 0 fully saturated rings. The number of halogens is 2. The van der Waals surface area contributed by atoms with Gasteiger partial charge in [0.05, 0.1) is 11.7 Å². The minimum atomic E-state index is -0.222. The molecule has 3 rings (SSSR count). The van der Waals surface area contributed by atoms with E-state index in [-0.39, 0.29) is 11.9 Å². The lowest BCUT2D eigenvalue weighted by atomic mass is 10.1. The molecule has 20 heavy (non-hydrogen) atoms. The Morgan fingerprint density at radius 3 is 2.90 bits per heavy atom. The van der Waals surface area contributed by atoms with Crippen molar-refractivity contribution in [2.24, 2.45) is 0 Å². The lowest BCUT2D eigenvalue weighted by molar-refractivity contribution is 0.280. The highest BCUT2D eigenvalue weighted by atomic mass is 79.9. The van der Waals surface area contributed by atoms with Crippen molar-refractivity contribution < 1.29 is 9.13 Å². The van der Waals surface area contributed by atoms with Gasteiger partial charge >= 0.3 is 0 Å². The van der Waals surface area contributed by atoms with E-state index in [0.29, 0.717) is 18.9 Å². The molecule has 1 aliphatic rings. The lowest BCUT2D eigenvalue weighted by Crippen LogP contribution is -2.29. The van der Waals surface area contributed by atoms with E-state index < -0.39 is 0 Å². The fourth-order valence-corrected chi connectivity index (χ4v) is 2.60. The van der Waals surface area contributed by atoms with Gasteiger partial charge in [0, 0.05) is 6.42 Å². The molecule has 0 bridgehead atoms. The van der Waals surface area contributed by atoms with Crippen molar-refractivity contribution >= 4 is 21.6 Å². The minimum absolute atomic E-state index is 0.222. The average molecular weight is 337 g/mol. The summed E-state index contributed by atoms with van der Waals surface area (Å²) < 4.78 is 19.3. The number of ether oxygens (including phenoxy) is 1. The number of aromatic nitrogens is 1. The fraction of sp³-hybridized carbons (Fsp3) is 0.267. The summed E-state index contributed by atoms with van der Waals surface area (Å²) in [5.74, 6) is 0.401. The van der Waals surface area contributed by atoms with Crippen LogP contribution in [-0.4, -0.2) is 17.6 Å². The van der Waals surface area contributed by atoms with Crippen LogP contribution in [0.2, 0.25) is 0 Å². The summed E-state index contributed by atoms with van der Waals surface area (Å²) in [6.07, 6.45) is 0.692. The first-order valence-electron chi connectivity index (χ1n) is 6.45. The van der Waals surface area contributed by atoms with Crippen LogP contribution in [0.3, 0.4) is 0 Å². The predicted octanol–water partition coefficient (Wildman–Crippen LogP) is 3.77. The maximum absolute atomic E-state index is 12.9. The van der Waals surface area contributed by atoms with Gasteiger partial charge in [-0.05, 0) is 52.2 Å². The SMILES string of the molecule is CC1COc2nc(Br)c(Cc3ccc(F)cc3)cc2N1. The minimum Gasteiger partial charge on any atom is -0.474 e. The van der Waals surface area contributed by atoms with Crippen LogP contribution in [0.4, 0.5) is 10.1 Å². The van der Waals surface area contributed by atoms with Crippen LogP contribution in [0.5, 0.6) is 5.88 Å². The summed E-state index contributed by atoms with van der Waals surface area (Å²) in [7, 11) is 0. The number of nitrogens with zero attached hydrogens (tertiary/aromatic N) is 1. The summed E-state index contributed by atoms with van der Waals surface area (Å²) in [6.45, 7) is 2.67. The summed E-state index contributed by atoms with van der Waals surface area (Å²) in [5, 5.41) is 3.35. The predicted molar refractivity (Wildman–Crippen MR) is 79.7 cm³/mol. The van der Waals surface area contributed by atoms with Gasteiger partial charge in [0.15, 0.2) is 0 Å². The van der Waals surface area contributed by atoms with Gasteiger partial charge in [-0.15, -0.1) is 0 Å². The molecule has 3 nitrogen and oxygen atoms in total. The Morgan fingerprint density at radius 2 is 2.15 bits per heavy atom.